The second-order valence-electron chi connectivity index (χ2n) is 6.21. The van der Waals surface area contributed by atoms with Gasteiger partial charge in [-0.05, 0) is 50.1 Å². The molecule has 0 radical (unpaired) electrons. The quantitative estimate of drug-likeness (QED) is 0.621. The Morgan fingerprint density at radius 2 is 1.92 bits per heavy atom. The number of H-pyrrole nitrogens is 1. The number of hydrogen-bond donors (Lipinski definition) is 2. The molecule has 1 saturated heterocycles. The van der Waals surface area contributed by atoms with E-state index in [9.17, 15) is 13.2 Å². The van der Waals surface area contributed by atoms with Crippen LogP contribution in [0.3, 0.4) is 0 Å². The third kappa shape index (κ3) is 4.03. The summed E-state index contributed by atoms with van der Waals surface area (Å²) < 4.78 is 27.0. The highest BCUT2D eigenvalue weighted by Gasteiger charge is 2.26. The standard InChI is InChI=1S/C18H22N4O3S/c1-14(17-9-6-10-19-17)20-21-18(23)15-7-5-8-16(13-15)26(24,25)22-11-3-2-4-12-22/h5-10,13,19H,2-4,11-12H2,1H3,(H,21,23)/b20-14+. The van der Waals surface area contributed by atoms with Gasteiger partial charge in [0.2, 0.25) is 10.0 Å². The summed E-state index contributed by atoms with van der Waals surface area (Å²) in [5.41, 5.74) is 4.14. The molecule has 0 bridgehead atoms. The topological polar surface area (TPSA) is 94.6 Å². The maximum atomic E-state index is 12.7. The van der Waals surface area contributed by atoms with Crippen molar-refractivity contribution in [2.45, 2.75) is 31.1 Å². The number of hydrogen-bond acceptors (Lipinski definition) is 4. The molecule has 1 aliphatic heterocycles. The second-order valence-corrected chi connectivity index (χ2v) is 8.15. The summed E-state index contributed by atoms with van der Waals surface area (Å²) in [6.07, 6.45) is 4.55. The molecule has 1 aromatic carbocycles. The van der Waals surface area contributed by atoms with Gasteiger partial charge in [0.05, 0.1) is 16.3 Å². The molecule has 0 saturated carbocycles. The third-order valence-electron chi connectivity index (χ3n) is 4.36. The molecule has 8 heteroatoms. The van der Waals surface area contributed by atoms with Crippen LogP contribution < -0.4 is 5.43 Å². The molecule has 1 fully saturated rings. The van der Waals surface area contributed by atoms with Crippen LogP contribution in [0, 0.1) is 0 Å². The van der Waals surface area contributed by atoms with Gasteiger partial charge < -0.3 is 4.98 Å². The van der Waals surface area contributed by atoms with Crippen molar-refractivity contribution in [1.29, 1.82) is 0 Å². The predicted octanol–water partition coefficient (Wildman–Crippen LogP) is 2.34. The number of aromatic nitrogens is 1. The van der Waals surface area contributed by atoms with Crippen molar-refractivity contribution in [3.05, 3.63) is 53.9 Å². The van der Waals surface area contributed by atoms with E-state index in [-0.39, 0.29) is 10.5 Å². The lowest BCUT2D eigenvalue weighted by Crippen LogP contribution is -2.35. The van der Waals surface area contributed by atoms with Crippen molar-refractivity contribution < 1.29 is 13.2 Å². The fourth-order valence-electron chi connectivity index (χ4n) is 2.87. The Morgan fingerprint density at radius 1 is 1.15 bits per heavy atom. The number of rotatable bonds is 5. The summed E-state index contributed by atoms with van der Waals surface area (Å²) in [7, 11) is -3.57. The third-order valence-corrected chi connectivity index (χ3v) is 6.26. The zero-order valence-corrected chi connectivity index (χ0v) is 15.4. The molecule has 7 nitrogen and oxygen atoms in total. The Balaban J connectivity index is 1.76. The highest BCUT2D eigenvalue weighted by molar-refractivity contribution is 7.89. The normalized spacial score (nSPS) is 16.4. The number of benzene rings is 1. The summed E-state index contributed by atoms with van der Waals surface area (Å²) in [6.45, 7) is 2.82. The fourth-order valence-corrected chi connectivity index (χ4v) is 4.43. The summed E-state index contributed by atoms with van der Waals surface area (Å²) >= 11 is 0. The van der Waals surface area contributed by atoms with E-state index in [0.717, 1.165) is 25.0 Å². The molecular formula is C18H22N4O3S. The second kappa shape index (κ2) is 7.84. The average molecular weight is 374 g/mol. The first kappa shape index (κ1) is 18.3. The number of sulfonamides is 1. The van der Waals surface area contributed by atoms with E-state index in [1.807, 2.05) is 12.1 Å². The van der Waals surface area contributed by atoms with Crippen LogP contribution in [0.1, 0.15) is 42.2 Å². The van der Waals surface area contributed by atoms with E-state index >= 15 is 0 Å². The Morgan fingerprint density at radius 3 is 2.62 bits per heavy atom. The predicted molar refractivity (Wildman–Crippen MR) is 99.5 cm³/mol. The molecule has 1 aromatic heterocycles. The average Bonchev–Trinajstić information content (AvgIpc) is 3.21. The molecule has 0 spiro atoms. The van der Waals surface area contributed by atoms with Crippen LogP contribution >= 0.6 is 0 Å². The summed E-state index contributed by atoms with van der Waals surface area (Å²) in [5.74, 6) is -0.452. The van der Waals surface area contributed by atoms with Crippen LogP contribution in [0.2, 0.25) is 0 Å². The maximum absolute atomic E-state index is 12.7. The lowest BCUT2D eigenvalue weighted by atomic mass is 10.2. The first-order valence-electron chi connectivity index (χ1n) is 8.57. The Hall–Kier alpha value is -2.45. The first-order chi connectivity index (χ1) is 12.5. The van der Waals surface area contributed by atoms with Crippen molar-refractivity contribution in [1.82, 2.24) is 14.7 Å². The zero-order valence-electron chi connectivity index (χ0n) is 14.6. The van der Waals surface area contributed by atoms with E-state index < -0.39 is 15.9 Å². The Labute approximate surface area is 153 Å². The number of nitrogens with one attached hydrogen (secondary N) is 2. The van der Waals surface area contributed by atoms with Crippen molar-refractivity contribution in [3.8, 4) is 0 Å². The van der Waals surface area contributed by atoms with Crippen LogP contribution in [0.4, 0.5) is 0 Å². The number of piperidine rings is 1. The van der Waals surface area contributed by atoms with Crippen LogP contribution in [0.5, 0.6) is 0 Å². The molecule has 3 rings (SSSR count). The van der Waals surface area contributed by atoms with Crippen molar-refractivity contribution >= 4 is 21.6 Å². The number of hydrazone groups is 1. The lowest BCUT2D eigenvalue weighted by molar-refractivity contribution is 0.0954. The molecule has 1 amide bonds. The minimum atomic E-state index is -3.57. The van der Waals surface area contributed by atoms with Gasteiger partial charge in [-0.2, -0.15) is 9.41 Å². The number of carbonyl (C=O) groups is 1. The van der Waals surface area contributed by atoms with Gasteiger partial charge in [-0.1, -0.05) is 12.5 Å². The van der Waals surface area contributed by atoms with Gasteiger partial charge in [0, 0.05) is 24.8 Å². The molecule has 2 N–H and O–H groups in total. The van der Waals surface area contributed by atoms with Gasteiger partial charge in [0.15, 0.2) is 0 Å². The summed E-state index contributed by atoms with van der Waals surface area (Å²) in [4.78, 5) is 15.5. The highest BCUT2D eigenvalue weighted by Crippen LogP contribution is 2.21. The molecular weight excluding hydrogens is 352 g/mol. The lowest BCUT2D eigenvalue weighted by Gasteiger charge is -2.25. The van der Waals surface area contributed by atoms with Crippen LogP contribution in [0.25, 0.3) is 0 Å². The van der Waals surface area contributed by atoms with Gasteiger partial charge >= 0.3 is 0 Å². The minimum absolute atomic E-state index is 0.136. The monoisotopic (exact) mass is 374 g/mol. The van der Waals surface area contributed by atoms with Crippen LogP contribution in [-0.2, 0) is 10.0 Å². The van der Waals surface area contributed by atoms with E-state index in [1.54, 1.807) is 25.3 Å². The fraction of sp³-hybridized carbons (Fsp3) is 0.333. The number of aromatic amines is 1. The van der Waals surface area contributed by atoms with Crippen LogP contribution in [0.15, 0.2) is 52.6 Å². The van der Waals surface area contributed by atoms with Gasteiger partial charge in [-0.15, -0.1) is 0 Å². The maximum Gasteiger partial charge on any atom is 0.271 e. The van der Waals surface area contributed by atoms with Gasteiger partial charge in [0.25, 0.3) is 5.91 Å². The Kier molecular flexibility index (Phi) is 5.53. The number of nitrogens with zero attached hydrogens (tertiary/aromatic N) is 2. The largest absolute Gasteiger partial charge is 0.360 e. The molecule has 0 unspecified atom stereocenters. The van der Waals surface area contributed by atoms with Crippen LogP contribution in [-0.4, -0.2) is 42.4 Å². The van der Waals surface area contributed by atoms with Gasteiger partial charge in [-0.3, -0.25) is 4.79 Å². The van der Waals surface area contributed by atoms with E-state index in [1.165, 1.54) is 16.4 Å². The molecule has 138 valence electrons. The summed E-state index contributed by atoms with van der Waals surface area (Å²) in [6, 6.07) is 9.76. The molecule has 2 heterocycles. The molecule has 0 aliphatic carbocycles. The SMILES string of the molecule is C/C(=N\NC(=O)c1cccc(S(=O)(=O)N2CCCCC2)c1)c1ccc[nH]1. The molecule has 26 heavy (non-hydrogen) atoms. The van der Waals surface area contributed by atoms with Crippen molar-refractivity contribution in [2.24, 2.45) is 5.10 Å². The molecule has 0 atom stereocenters. The Bertz CT molecular complexity index is 898. The number of amides is 1. The number of carbonyl (C=O) groups excluding carboxylic acids is 1. The highest BCUT2D eigenvalue weighted by atomic mass is 32.2. The first-order valence-corrected chi connectivity index (χ1v) is 10.0. The smallest absolute Gasteiger partial charge is 0.271 e. The molecule has 1 aliphatic rings. The van der Waals surface area contributed by atoms with E-state index in [2.05, 4.69) is 15.5 Å². The van der Waals surface area contributed by atoms with Gasteiger partial charge in [-0.25, -0.2) is 13.8 Å². The van der Waals surface area contributed by atoms with Crippen molar-refractivity contribution in [2.75, 3.05) is 13.1 Å². The van der Waals surface area contributed by atoms with E-state index in [0.29, 0.717) is 18.8 Å². The zero-order chi connectivity index (χ0) is 18.6. The summed E-state index contributed by atoms with van der Waals surface area (Å²) in [5, 5.41) is 4.05. The van der Waals surface area contributed by atoms with E-state index in [4.69, 9.17) is 0 Å². The minimum Gasteiger partial charge on any atom is -0.360 e. The van der Waals surface area contributed by atoms with Crippen molar-refractivity contribution in [3.63, 3.8) is 0 Å². The molecule has 2 aromatic rings. The van der Waals surface area contributed by atoms with Gasteiger partial charge in [0.1, 0.15) is 0 Å².